The van der Waals surface area contributed by atoms with Gasteiger partial charge < -0.3 is 0 Å². The lowest BCUT2D eigenvalue weighted by atomic mass is 9.96. The summed E-state index contributed by atoms with van der Waals surface area (Å²) in [7, 11) is 3.62. The van der Waals surface area contributed by atoms with E-state index >= 15 is 0 Å². The van der Waals surface area contributed by atoms with Crippen molar-refractivity contribution >= 4 is 21.8 Å². The average Bonchev–Trinajstić information content (AvgIpc) is 3.34. The highest BCUT2D eigenvalue weighted by atomic mass is 16.1. The molecule has 2 heterocycles. The molecule has 2 aromatic heterocycles. The van der Waals surface area contributed by atoms with Gasteiger partial charge in [-0.25, -0.2) is 14.8 Å². The van der Waals surface area contributed by atoms with Crippen LogP contribution >= 0.6 is 0 Å². The molecule has 8 rings (SSSR count). The minimum Gasteiger partial charge on any atom is -0.295 e. The fourth-order valence-corrected chi connectivity index (χ4v) is 6.30. The molecule has 0 amide bonds. The number of hydrogen-bond acceptors (Lipinski definition) is 3. The van der Waals surface area contributed by atoms with E-state index in [2.05, 4.69) is 109 Å². The van der Waals surface area contributed by atoms with Crippen molar-refractivity contribution in [3.05, 3.63) is 156 Å². The Morgan fingerprint density at radius 1 is 0.457 bits per heavy atom. The van der Waals surface area contributed by atoms with E-state index in [4.69, 9.17) is 9.97 Å². The van der Waals surface area contributed by atoms with Crippen LogP contribution in [-0.2, 0) is 14.1 Å². The number of benzene rings is 6. The molecule has 220 valence electrons. The van der Waals surface area contributed by atoms with Crippen LogP contribution in [0.25, 0.3) is 78.0 Å². The molecule has 5 nitrogen and oxygen atoms in total. The smallest absolute Gasteiger partial charge is 0.295 e. The number of imidazole rings is 1. The van der Waals surface area contributed by atoms with E-state index in [1.165, 1.54) is 16.3 Å². The number of rotatable bonds is 5. The van der Waals surface area contributed by atoms with Gasteiger partial charge in [-0.05, 0) is 57.3 Å². The van der Waals surface area contributed by atoms with Gasteiger partial charge >= 0.3 is 5.69 Å². The second-order valence-corrected chi connectivity index (χ2v) is 11.6. The maximum Gasteiger partial charge on any atom is 0.328 e. The molecule has 0 N–H and O–H groups in total. The Bertz CT molecular complexity index is 2450. The minimum atomic E-state index is -0.0288. The van der Waals surface area contributed by atoms with E-state index in [0.717, 1.165) is 55.8 Å². The van der Waals surface area contributed by atoms with E-state index in [-0.39, 0.29) is 5.69 Å². The molecule has 0 aliphatic rings. The topological polar surface area (TPSA) is 52.7 Å². The molecule has 0 atom stereocenters. The molecule has 6 aromatic carbocycles. The molecule has 0 aliphatic heterocycles. The standard InChI is InChI=1S/C41H30N4O/c1-44-38-23-22-31(25-39(38)45(2)41(44)46)27-18-20-29(21-19-27)36-26-37(43-40(42-36)30-11-4-3-5-12-30)33-15-8-14-32(24-33)35-17-9-13-28-10-6-7-16-34(28)35/h3-26H,1-2H3. The van der Waals surface area contributed by atoms with Crippen LogP contribution < -0.4 is 5.69 Å². The molecule has 0 bridgehead atoms. The van der Waals surface area contributed by atoms with Crippen molar-refractivity contribution < 1.29 is 0 Å². The second-order valence-electron chi connectivity index (χ2n) is 11.6. The molecule has 0 saturated carbocycles. The maximum atomic E-state index is 12.5. The van der Waals surface area contributed by atoms with Gasteiger partial charge in [0, 0.05) is 30.8 Å². The summed E-state index contributed by atoms with van der Waals surface area (Å²) < 4.78 is 3.37. The summed E-state index contributed by atoms with van der Waals surface area (Å²) in [6.07, 6.45) is 0. The van der Waals surface area contributed by atoms with Crippen LogP contribution in [-0.4, -0.2) is 19.1 Å². The SMILES string of the molecule is Cn1c(=O)n(C)c2cc(-c3ccc(-c4cc(-c5cccc(-c6cccc7ccccc67)c5)nc(-c5ccccc5)n4)cc3)ccc21. The summed E-state index contributed by atoms with van der Waals surface area (Å²) in [4.78, 5) is 22.6. The van der Waals surface area contributed by atoms with Gasteiger partial charge in [-0.3, -0.25) is 9.13 Å². The maximum absolute atomic E-state index is 12.5. The van der Waals surface area contributed by atoms with Gasteiger partial charge in [-0.2, -0.15) is 0 Å². The predicted octanol–water partition coefficient (Wildman–Crippen LogP) is 9.16. The lowest BCUT2D eigenvalue weighted by molar-refractivity contribution is 0.795. The molecule has 0 fully saturated rings. The van der Waals surface area contributed by atoms with Crippen molar-refractivity contribution in [2.75, 3.05) is 0 Å². The zero-order valence-corrected chi connectivity index (χ0v) is 25.6. The summed E-state index contributed by atoms with van der Waals surface area (Å²) >= 11 is 0. The van der Waals surface area contributed by atoms with E-state index < -0.39 is 0 Å². The zero-order chi connectivity index (χ0) is 31.2. The third-order valence-electron chi connectivity index (χ3n) is 8.80. The summed E-state index contributed by atoms with van der Waals surface area (Å²) in [5.41, 5.74) is 11.0. The van der Waals surface area contributed by atoms with Gasteiger partial charge in [-0.1, -0.05) is 121 Å². The summed E-state index contributed by atoms with van der Waals surface area (Å²) in [5.74, 6) is 0.684. The first-order valence-corrected chi connectivity index (χ1v) is 15.3. The lowest BCUT2D eigenvalue weighted by Crippen LogP contribution is -2.19. The monoisotopic (exact) mass is 594 g/mol. The van der Waals surface area contributed by atoms with Crippen LogP contribution in [0, 0.1) is 0 Å². The Morgan fingerprint density at radius 3 is 1.89 bits per heavy atom. The third-order valence-corrected chi connectivity index (χ3v) is 8.80. The molecule has 46 heavy (non-hydrogen) atoms. The van der Waals surface area contributed by atoms with Crippen molar-refractivity contribution in [1.82, 2.24) is 19.1 Å². The largest absolute Gasteiger partial charge is 0.328 e. The summed E-state index contributed by atoms with van der Waals surface area (Å²) in [5, 5.41) is 2.45. The fraction of sp³-hybridized carbons (Fsp3) is 0.0488. The van der Waals surface area contributed by atoms with Crippen molar-refractivity contribution in [1.29, 1.82) is 0 Å². The van der Waals surface area contributed by atoms with Crippen LogP contribution in [0.3, 0.4) is 0 Å². The quantitative estimate of drug-likeness (QED) is 0.200. The van der Waals surface area contributed by atoms with E-state index in [1.807, 2.05) is 43.4 Å². The Morgan fingerprint density at radius 2 is 1.07 bits per heavy atom. The molecule has 8 aromatic rings. The summed E-state index contributed by atoms with van der Waals surface area (Å²) in [6.45, 7) is 0. The number of nitrogens with zero attached hydrogens (tertiary/aromatic N) is 4. The Kier molecular flexibility index (Phi) is 6.65. The lowest BCUT2D eigenvalue weighted by Gasteiger charge is -2.12. The Labute approximate surface area is 266 Å². The van der Waals surface area contributed by atoms with Crippen molar-refractivity contribution in [3.63, 3.8) is 0 Å². The van der Waals surface area contributed by atoms with E-state index in [1.54, 1.807) is 16.2 Å². The van der Waals surface area contributed by atoms with Crippen LogP contribution in [0.4, 0.5) is 0 Å². The van der Waals surface area contributed by atoms with Gasteiger partial charge in [-0.15, -0.1) is 0 Å². The molecule has 0 aliphatic carbocycles. The number of aromatic nitrogens is 4. The van der Waals surface area contributed by atoms with Crippen molar-refractivity contribution in [2.24, 2.45) is 14.1 Å². The van der Waals surface area contributed by atoms with Gasteiger partial charge in [0.1, 0.15) is 0 Å². The van der Waals surface area contributed by atoms with Gasteiger partial charge in [0.05, 0.1) is 22.4 Å². The first kappa shape index (κ1) is 27.5. The number of aryl methyl sites for hydroxylation is 2. The predicted molar refractivity (Wildman–Crippen MR) is 188 cm³/mol. The first-order chi connectivity index (χ1) is 22.5. The molecule has 0 spiro atoms. The molecule has 0 unspecified atom stereocenters. The Balaban J connectivity index is 1.21. The van der Waals surface area contributed by atoms with Crippen molar-refractivity contribution in [3.8, 4) is 56.2 Å². The average molecular weight is 595 g/mol. The van der Waals surface area contributed by atoms with E-state index in [9.17, 15) is 4.79 Å². The highest BCUT2D eigenvalue weighted by molar-refractivity contribution is 5.97. The highest BCUT2D eigenvalue weighted by Crippen LogP contribution is 2.34. The second kappa shape index (κ2) is 11.1. The van der Waals surface area contributed by atoms with Gasteiger partial charge in [0.2, 0.25) is 0 Å². The van der Waals surface area contributed by atoms with Crippen LogP contribution in [0.1, 0.15) is 0 Å². The molecule has 5 heteroatoms. The third kappa shape index (κ3) is 4.79. The minimum absolute atomic E-state index is 0.0288. The normalized spacial score (nSPS) is 11.3. The van der Waals surface area contributed by atoms with Crippen LogP contribution in [0.5, 0.6) is 0 Å². The summed E-state index contributed by atoms with van der Waals surface area (Å²) in [6, 6.07) is 50.3. The zero-order valence-electron chi connectivity index (χ0n) is 25.6. The van der Waals surface area contributed by atoms with Gasteiger partial charge in [0.25, 0.3) is 0 Å². The molecular formula is C41H30N4O. The van der Waals surface area contributed by atoms with Gasteiger partial charge in [0.15, 0.2) is 5.82 Å². The molecular weight excluding hydrogens is 564 g/mol. The number of fused-ring (bicyclic) bond motifs is 2. The molecule has 0 radical (unpaired) electrons. The first-order valence-electron chi connectivity index (χ1n) is 15.3. The number of hydrogen-bond donors (Lipinski definition) is 0. The van der Waals surface area contributed by atoms with Crippen LogP contribution in [0.2, 0.25) is 0 Å². The van der Waals surface area contributed by atoms with E-state index in [0.29, 0.717) is 5.82 Å². The van der Waals surface area contributed by atoms with Crippen molar-refractivity contribution in [2.45, 2.75) is 0 Å². The Hall–Kier alpha value is -6.07. The fourth-order valence-electron chi connectivity index (χ4n) is 6.30. The molecule has 0 saturated heterocycles. The van der Waals surface area contributed by atoms with Crippen LogP contribution in [0.15, 0.2) is 150 Å². The highest BCUT2D eigenvalue weighted by Gasteiger charge is 2.13.